The molecule has 0 bridgehead atoms. The summed E-state index contributed by atoms with van der Waals surface area (Å²) in [6.07, 6.45) is 5.65. The fourth-order valence-corrected chi connectivity index (χ4v) is 2.89. The number of piperidine rings is 1. The van der Waals surface area contributed by atoms with Gasteiger partial charge in [0.25, 0.3) is 5.91 Å². The molecule has 5 nitrogen and oxygen atoms in total. The summed E-state index contributed by atoms with van der Waals surface area (Å²) in [5.74, 6) is 1.75. The third-order valence-corrected chi connectivity index (χ3v) is 4.35. The predicted octanol–water partition coefficient (Wildman–Crippen LogP) is 2.44. The Labute approximate surface area is 125 Å². The van der Waals surface area contributed by atoms with Crippen LogP contribution in [0.4, 0.5) is 11.5 Å². The Morgan fingerprint density at radius 2 is 2.14 bits per heavy atom. The molecule has 3 rings (SSSR count). The third-order valence-electron chi connectivity index (χ3n) is 4.35. The van der Waals surface area contributed by atoms with E-state index in [0.717, 1.165) is 43.4 Å². The molecule has 21 heavy (non-hydrogen) atoms. The molecule has 0 aromatic carbocycles. The van der Waals surface area contributed by atoms with Crippen LogP contribution in [-0.4, -0.2) is 36.7 Å². The van der Waals surface area contributed by atoms with Gasteiger partial charge >= 0.3 is 0 Å². The minimum absolute atomic E-state index is 0.0613. The van der Waals surface area contributed by atoms with Crippen molar-refractivity contribution in [2.75, 3.05) is 29.9 Å². The first-order valence-electron chi connectivity index (χ1n) is 7.86. The lowest BCUT2D eigenvalue weighted by molar-refractivity contribution is -0.124. The van der Waals surface area contributed by atoms with Gasteiger partial charge in [0, 0.05) is 19.7 Å². The van der Waals surface area contributed by atoms with Gasteiger partial charge in [-0.3, -0.25) is 4.79 Å². The fraction of sp³-hybridized carbons (Fsp3) is 0.625. The van der Waals surface area contributed by atoms with E-state index in [1.165, 1.54) is 12.8 Å². The molecule has 0 spiro atoms. The lowest BCUT2D eigenvalue weighted by Crippen LogP contribution is -2.33. The van der Waals surface area contributed by atoms with Gasteiger partial charge in [0.05, 0.1) is 11.9 Å². The molecule has 0 saturated carbocycles. The second-order valence-electron chi connectivity index (χ2n) is 6.07. The molecular formula is C16H23N3O2. The molecule has 1 atom stereocenters. The summed E-state index contributed by atoms with van der Waals surface area (Å²) in [7, 11) is 0. The lowest BCUT2D eigenvalue weighted by atomic mass is 9.99. The first-order chi connectivity index (χ1) is 10.2. The van der Waals surface area contributed by atoms with E-state index < -0.39 is 0 Å². The standard InChI is InChI=1S/C16H23N3O2/c1-12-6-8-19(9-7-12)15-5-4-13(11-17-15)18-16(20)14-3-2-10-21-14/h4-5,11-12,14H,2-3,6-10H2,1H3,(H,18,20)/t14-/m1/s1. The molecule has 2 fully saturated rings. The lowest BCUT2D eigenvalue weighted by Gasteiger charge is -2.31. The summed E-state index contributed by atoms with van der Waals surface area (Å²) in [5, 5.41) is 2.88. The van der Waals surface area contributed by atoms with Crippen LogP contribution >= 0.6 is 0 Å². The zero-order valence-corrected chi connectivity index (χ0v) is 12.5. The average molecular weight is 289 g/mol. The van der Waals surface area contributed by atoms with Crippen molar-refractivity contribution in [1.29, 1.82) is 0 Å². The van der Waals surface area contributed by atoms with Crippen LogP contribution in [0.25, 0.3) is 0 Å². The summed E-state index contributed by atoms with van der Waals surface area (Å²) < 4.78 is 5.38. The van der Waals surface area contributed by atoms with Crippen molar-refractivity contribution in [3.63, 3.8) is 0 Å². The van der Waals surface area contributed by atoms with Gasteiger partial charge in [-0.1, -0.05) is 6.92 Å². The number of nitrogens with zero attached hydrogens (tertiary/aromatic N) is 2. The minimum atomic E-state index is -0.298. The average Bonchev–Trinajstić information content (AvgIpc) is 3.03. The number of rotatable bonds is 3. The molecule has 2 aliphatic heterocycles. The minimum Gasteiger partial charge on any atom is -0.368 e. The second-order valence-corrected chi connectivity index (χ2v) is 6.07. The molecule has 1 aromatic rings. The maximum Gasteiger partial charge on any atom is 0.253 e. The largest absolute Gasteiger partial charge is 0.368 e. The van der Waals surface area contributed by atoms with Crippen molar-refractivity contribution in [2.45, 2.75) is 38.7 Å². The Morgan fingerprint density at radius 3 is 2.76 bits per heavy atom. The van der Waals surface area contributed by atoms with E-state index in [9.17, 15) is 4.79 Å². The second kappa shape index (κ2) is 6.43. The number of carbonyl (C=O) groups excluding carboxylic acids is 1. The van der Waals surface area contributed by atoms with Gasteiger partial charge in [0.15, 0.2) is 0 Å². The number of hydrogen-bond acceptors (Lipinski definition) is 4. The van der Waals surface area contributed by atoms with Gasteiger partial charge in [0.1, 0.15) is 11.9 Å². The number of pyridine rings is 1. The van der Waals surface area contributed by atoms with Crippen molar-refractivity contribution in [3.8, 4) is 0 Å². The highest BCUT2D eigenvalue weighted by Gasteiger charge is 2.23. The summed E-state index contributed by atoms with van der Waals surface area (Å²) in [6.45, 7) is 5.11. The first kappa shape index (κ1) is 14.3. The number of ether oxygens (including phenoxy) is 1. The van der Waals surface area contributed by atoms with E-state index in [1.54, 1.807) is 6.20 Å². The van der Waals surface area contributed by atoms with Gasteiger partial charge < -0.3 is 15.0 Å². The Morgan fingerprint density at radius 1 is 1.33 bits per heavy atom. The van der Waals surface area contributed by atoms with Crippen LogP contribution in [-0.2, 0) is 9.53 Å². The zero-order valence-electron chi connectivity index (χ0n) is 12.5. The van der Waals surface area contributed by atoms with Gasteiger partial charge in [-0.25, -0.2) is 4.98 Å². The predicted molar refractivity (Wildman–Crippen MR) is 82.5 cm³/mol. The number of hydrogen-bond donors (Lipinski definition) is 1. The highest BCUT2D eigenvalue weighted by Crippen LogP contribution is 2.22. The van der Waals surface area contributed by atoms with Crippen molar-refractivity contribution >= 4 is 17.4 Å². The van der Waals surface area contributed by atoms with E-state index in [0.29, 0.717) is 6.61 Å². The van der Waals surface area contributed by atoms with Crippen LogP contribution in [0.3, 0.4) is 0 Å². The Hall–Kier alpha value is -1.62. The quantitative estimate of drug-likeness (QED) is 0.928. The van der Waals surface area contributed by atoms with Crippen LogP contribution in [0.1, 0.15) is 32.6 Å². The van der Waals surface area contributed by atoms with E-state index >= 15 is 0 Å². The maximum absolute atomic E-state index is 12.0. The molecule has 1 aromatic heterocycles. The van der Waals surface area contributed by atoms with E-state index in [2.05, 4.69) is 22.1 Å². The molecular weight excluding hydrogens is 266 g/mol. The monoisotopic (exact) mass is 289 g/mol. The van der Waals surface area contributed by atoms with Gasteiger partial charge in [-0.2, -0.15) is 0 Å². The van der Waals surface area contributed by atoms with Crippen LogP contribution in [0, 0.1) is 5.92 Å². The summed E-state index contributed by atoms with van der Waals surface area (Å²) >= 11 is 0. The maximum atomic E-state index is 12.0. The normalized spacial score (nSPS) is 23.3. The molecule has 5 heteroatoms. The molecule has 1 N–H and O–H groups in total. The number of nitrogens with one attached hydrogen (secondary N) is 1. The zero-order chi connectivity index (χ0) is 14.7. The Bertz CT molecular complexity index is 475. The summed E-state index contributed by atoms with van der Waals surface area (Å²) in [6, 6.07) is 3.91. The first-order valence-corrected chi connectivity index (χ1v) is 7.86. The van der Waals surface area contributed by atoms with Crippen molar-refractivity contribution < 1.29 is 9.53 Å². The van der Waals surface area contributed by atoms with Crippen molar-refractivity contribution in [3.05, 3.63) is 18.3 Å². The number of anilines is 2. The third kappa shape index (κ3) is 3.53. The Kier molecular flexibility index (Phi) is 4.39. The molecule has 3 heterocycles. The van der Waals surface area contributed by atoms with E-state index in [-0.39, 0.29) is 12.0 Å². The van der Waals surface area contributed by atoms with Crippen molar-refractivity contribution in [1.82, 2.24) is 4.98 Å². The van der Waals surface area contributed by atoms with E-state index in [4.69, 9.17) is 4.74 Å². The van der Waals surface area contributed by atoms with Crippen molar-refractivity contribution in [2.24, 2.45) is 5.92 Å². The van der Waals surface area contributed by atoms with Gasteiger partial charge in [-0.05, 0) is 43.7 Å². The molecule has 1 amide bonds. The SMILES string of the molecule is CC1CCN(c2ccc(NC(=O)[C@H]3CCCO3)cn2)CC1. The topological polar surface area (TPSA) is 54.5 Å². The van der Waals surface area contributed by atoms with E-state index in [1.807, 2.05) is 12.1 Å². The molecule has 2 aliphatic rings. The highest BCUT2D eigenvalue weighted by molar-refractivity contribution is 5.94. The van der Waals surface area contributed by atoms with Crippen LogP contribution in [0.2, 0.25) is 0 Å². The summed E-state index contributed by atoms with van der Waals surface area (Å²) in [4.78, 5) is 18.8. The molecule has 0 unspecified atom stereocenters. The fourth-order valence-electron chi connectivity index (χ4n) is 2.89. The van der Waals surface area contributed by atoms with Crippen LogP contribution in [0.15, 0.2) is 18.3 Å². The van der Waals surface area contributed by atoms with Gasteiger partial charge in [-0.15, -0.1) is 0 Å². The smallest absolute Gasteiger partial charge is 0.253 e. The molecule has 0 aliphatic carbocycles. The van der Waals surface area contributed by atoms with Gasteiger partial charge in [0.2, 0.25) is 0 Å². The van der Waals surface area contributed by atoms with Crippen LogP contribution < -0.4 is 10.2 Å². The molecule has 2 saturated heterocycles. The highest BCUT2D eigenvalue weighted by atomic mass is 16.5. The summed E-state index contributed by atoms with van der Waals surface area (Å²) in [5.41, 5.74) is 0.740. The number of carbonyl (C=O) groups is 1. The molecule has 114 valence electrons. The Balaban J connectivity index is 1.57. The van der Waals surface area contributed by atoms with Crippen LogP contribution in [0.5, 0.6) is 0 Å². The number of aromatic nitrogens is 1. The molecule has 0 radical (unpaired) electrons. The number of amides is 1.